The van der Waals surface area contributed by atoms with Crippen LogP contribution in [0.5, 0.6) is 0 Å². The van der Waals surface area contributed by atoms with Gasteiger partial charge in [-0.1, -0.05) is 79.2 Å². The molecule has 0 bridgehead atoms. The fraction of sp³-hybridized carbons (Fsp3) is 0.394. The van der Waals surface area contributed by atoms with Gasteiger partial charge in [-0.25, -0.2) is 8.42 Å². The Hall–Kier alpha value is -3.28. The van der Waals surface area contributed by atoms with Gasteiger partial charge in [-0.3, -0.25) is 13.9 Å². The number of sulfonamides is 1. The van der Waals surface area contributed by atoms with Gasteiger partial charge in [0.15, 0.2) is 0 Å². The third kappa shape index (κ3) is 8.74. The molecule has 1 N–H and O–H groups in total. The molecule has 1 saturated carbocycles. The van der Waals surface area contributed by atoms with Crippen molar-refractivity contribution in [2.75, 3.05) is 10.8 Å². The molecule has 3 aromatic rings. The van der Waals surface area contributed by atoms with Gasteiger partial charge in [0.1, 0.15) is 12.6 Å². The van der Waals surface area contributed by atoms with E-state index in [-0.39, 0.29) is 29.8 Å². The highest BCUT2D eigenvalue weighted by Gasteiger charge is 2.37. The number of nitrogens with zero attached hydrogens (tertiary/aromatic N) is 2. The van der Waals surface area contributed by atoms with Gasteiger partial charge in [0.05, 0.1) is 21.2 Å². The number of carbonyl (C=O) groups excluding carboxylic acids is 2. The summed E-state index contributed by atoms with van der Waals surface area (Å²) in [6.45, 7) is 2.54. The van der Waals surface area contributed by atoms with E-state index in [1.54, 1.807) is 50.2 Å². The van der Waals surface area contributed by atoms with E-state index < -0.39 is 51.0 Å². The molecule has 0 radical (unpaired) electrons. The van der Waals surface area contributed by atoms with Crippen LogP contribution in [0.1, 0.15) is 62.1 Å². The number of halogens is 5. The second kappa shape index (κ2) is 15.1. The lowest BCUT2D eigenvalue weighted by Gasteiger charge is -2.34. The molecule has 2 amide bonds. The van der Waals surface area contributed by atoms with Crippen LogP contribution in [0.4, 0.5) is 18.9 Å². The highest BCUT2D eigenvalue weighted by Crippen LogP contribution is 2.38. The molecule has 1 fully saturated rings. The van der Waals surface area contributed by atoms with Gasteiger partial charge in [0.2, 0.25) is 11.8 Å². The summed E-state index contributed by atoms with van der Waals surface area (Å²) < 4.78 is 70.3. The van der Waals surface area contributed by atoms with E-state index in [0.717, 1.165) is 49.8 Å². The van der Waals surface area contributed by atoms with Crippen LogP contribution in [0.25, 0.3) is 0 Å². The molecule has 1 aliphatic carbocycles. The minimum Gasteiger partial charge on any atom is -0.352 e. The maximum Gasteiger partial charge on any atom is 0.417 e. The first-order valence-corrected chi connectivity index (χ1v) is 17.2. The van der Waals surface area contributed by atoms with Gasteiger partial charge >= 0.3 is 6.18 Å². The second-order valence-electron chi connectivity index (χ2n) is 11.4. The summed E-state index contributed by atoms with van der Waals surface area (Å²) in [5.74, 6) is -1.16. The quantitative estimate of drug-likeness (QED) is 0.222. The number of amides is 2. The van der Waals surface area contributed by atoms with Crippen LogP contribution in [-0.4, -0.2) is 43.8 Å². The van der Waals surface area contributed by atoms with E-state index in [1.807, 2.05) is 0 Å². The highest BCUT2D eigenvalue weighted by molar-refractivity contribution is 7.92. The lowest BCUT2D eigenvalue weighted by Crippen LogP contribution is -2.54. The van der Waals surface area contributed by atoms with Crippen LogP contribution in [0.15, 0.2) is 71.6 Å². The third-order valence-electron chi connectivity index (χ3n) is 8.03. The number of hydrogen-bond acceptors (Lipinski definition) is 4. The fourth-order valence-electron chi connectivity index (χ4n) is 5.50. The Labute approximate surface area is 277 Å². The topological polar surface area (TPSA) is 86.8 Å². The normalized spacial score (nSPS) is 14.8. The first-order valence-electron chi connectivity index (χ1n) is 15.0. The van der Waals surface area contributed by atoms with Crippen LogP contribution in [-0.2, 0) is 32.3 Å². The Morgan fingerprint density at radius 2 is 1.59 bits per heavy atom. The van der Waals surface area contributed by atoms with Crippen molar-refractivity contribution in [3.8, 4) is 0 Å². The van der Waals surface area contributed by atoms with Crippen molar-refractivity contribution in [2.24, 2.45) is 0 Å². The van der Waals surface area contributed by atoms with Crippen molar-refractivity contribution in [1.82, 2.24) is 10.2 Å². The highest BCUT2D eigenvalue weighted by atomic mass is 35.5. The number of alkyl halides is 3. The van der Waals surface area contributed by atoms with Gasteiger partial charge < -0.3 is 10.2 Å². The average Bonchev–Trinajstić information content (AvgIpc) is 3.01. The number of aryl methyl sites for hydroxylation is 1. The Morgan fingerprint density at radius 1 is 0.957 bits per heavy atom. The Bertz CT molecular complexity index is 1630. The maximum absolute atomic E-state index is 14.2. The van der Waals surface area contributed by atoms with E-state index in [9.17, 15) is 31.2 Å². The summed E-state index contributed by atoms with van der Waals surface area (Å²) in [4.78, 5) is 28.9. The molecule has 3 aromatic carbocycles. The van der Waals surface area contributed by atoms with E-state index in [2.05, 4.69) is 5.32 Å². The average molecular weight is 699 g/mol. The van der Waals surface area contributed by atoms with Crippen LogP contribution >= 0.6 is 23.2 Å². The van der Waals surface area contributed by atoms with Crippen molar-refractivity contribution in [3.63, 3.8) is 0 Å². The summed E-state index contributed by atoms with van der Waals surface area (Å²) in [7, 11) is -4.57. The summed E-state index contributed by atoms with van der Waals surface area (Å²) in [5.41, 5.74) is -0.270. The minimum absolute atomic E-state index is 0.0453. The van der Waals surface area contributed by atoms with E-state index in [0.29, 0.717) is 21.0 Å². The van der Waals surface area contributed by atoms with Crippen LogP contribution < -0.4 is 9.62 Å². The third-order valence-corrected chi connectivity index (χ3v) is 10.4. The molecular weight excluding hydrogens is 662 g/mol. The molecule has 13 heteroatoms. The Balaban J connectivity index is 1.77. The van der Waals surface area contributed by atoms with Crippen LogP contribution in [0.3, 0.4) is 0 Å². The standard InChI is InChI=1S/C33H36Cl2F3N3O4S/c1-3-30(32(43)39-25-7-5-4-6-8-25)40(20-23-11-13-24(34)14-12-23)31(42)21-41(46(44,45)27-16-9-22(2)10-17-27)26-15-18-29(35)28(19-26)33(36,37)38/h9-19,25,30H,3-8,20-21H2,1-2H3,(H,39,43). The molecule has 1 unspecified atom stereocenters. The van der Waals surface area contributed by atoms with Crippen molar-refractivity contribution in [2.45, 2.75) is 82.1 Å². The number of hydrogen-bond donors (Lipinski definition) is 1. The first kappa shape index (κ1) is 35.6. The number of rotatable bonds is 11. The molecule has 248 valence electrons. The Kier molecular flexibility index (Phi) is 11.7. The van der Waals surface area contributed by atoms with Crippen LogP contribution in [0, 0.1) is 6.92 Å². The van der Waals surface area contributed by atoms with Crippen molar-refractivity contribution in [1.29, 1.82) is 0 Å². The van der Waals surface area contributed by atoms with Crippen LogP contribution in [0.2, 0.25) is 10.0 Å². The van der Waals surface area contributed by atoms with Gasteiger partial charge in [0, 0.05) is 17.6 Å². The monoisotopic (exact) mass is 697 g/mol. The fourth-order valence-corrected chi connectivity index (χ4v) is 7.26. The van der Waals surface area contributed by atoms with Crippen molar-refractivity contribution in [3.05, 3.63) is 93.5 Å². The number of anilines is 1. The number of benzene rings is 3. The zero-order valence-corrected chi connectivity index (χ0v) is 27.8. The molecule has 0 heterocycles. The molecule has 0 aromatic heterocycles. The summed E-state index contributed by atoms with van der Waals surface area (Å²) in [6.07, 6.45) is -0.0218. The first-order chi connectivity index (χ1) is 21.7. The molecule has 0 aliphatic heterocycles. The molecule has 4 rings (SSSR count). The predicted molar refractivity (Wildman–Crippen MR) is 173 cm³/mol. The maximum atomic E-state index is 14.2. The zero-order valence-electron chi connectivity index (χ0n) is 25.5. The summed E-state index contributed by atoms with van der Waals surface area (Å²) in [6, 6.07) is 14.0. The summed E-state index contributed by atoms with van der Waals surface area (Å²) in [5, 5.41) is 2.89. The van der Waals surface area contributed by atoms with E-state index >= 15 is 0 Å². The van der Waals surface area contributed by atoms with Crippen molar-refractivity contribution >= 4 is 50.7 Å². The van der Waals surface area contributed by atoms with E-state index in [4.69, 9.17) is 23.2 Å². The minimum atomic E-state index is -4.89. The number of carbonyl (C=O) groups is 2. The Morgan fingerprint density at radius 3 is 2.17 bits per heavy atom. The molecule has 46 heavy (non-hydrogen) atoms. The largest absolute Gasteiger partial charge is 0.417 e. The van der Waals surface area contributed by atoms with Gasteiger partial charge in [-0.05, 0) is 74.2 Å². The number of nitrogens with one attached hydrogen (secondary N) is 1. The SMILES string of the molecule is CCC(C(=O)NC1CCCCC1)N(Cc1ccc(Cl)cc1)C(=O)CN(c1ccc(Cl)c(C(F)(F)F)c1)S(=O)(=O)c1ccc(C)cc1. The van der Waals surface area contributed by atoms with Gasteiger partial charge in [-0.2, -0.15) is 13.2 Å². The molecule has 1 aliphatic rings. The smallest absolute Gasteiger partial charge is 0.352 e. The molecule has 0 spiro atoms. The summed E-state index contributed by atoms with van der Waals surface area (Å²) >= 11 is 11.9. The van der Waals surface area contributed by atoms with Gasteiger partial charge in [-0.15, -0.1) is 0 Å². The zero-order chi connectivity index (χ0) is 33.6. The van der Waals surface area contributed by atoms with E-state index in [1.165, 1.54) is 17.0 Å². The molecule has 0 saturated heterocycles. The molecule has 7 nitrogen and oxygen atoms in total. The lowest BCUT2D eigenvalue weighted by atomic mass is 9.95. The second-order valence-corrected chi connectivity index (χ2v) is 14.1. The lowest BCUT2D eigenvalue weighted by molar-refractivity contribution is -0.140. The molecule has 1 atom stereocenters. The molecular formula is C33H36Cl2F3N3O4S. The predicted octanol–water partition coefficient (Wildman–Crippen LogP) is 7.77. The van der Waals surface area contributed by atoms with Gasteiger partial charge in [0.25, 0.3) is 10.0 Å². The van der Waals surface area contributed by atoms with Crippen molar-refractivity contribution < 1.29 is 31.2 Å².